The lowest BCUT2D eigenvalue weighted by Crippen LogP contribution is -2.72. The Kier molecular flexibility index (Phi) is 3.46. The molecule has 26 heavy (non-hydrogen) atoms. The van der Waals surface area contributed by atoms with Crippen molar-refractivity contribution in [2.75, 3.05) is 31.1 Å². The monoisotopic (exact) mass is 345 g/mol. The number of rotatable bonds is 4. The molecule has 2 aliphatic rings. The highest BCUT2D eigenvalue weighted by Gasteiger charge is 2.51. The van der Waals surface area contributed by atoms with Crippen molar-refractivity contribution in [2.45, 2.75) is 6.54 Å². The molecule has 2 aliphatic heterocycles. The third-order valence-electron chi connectivity index (χ3n) is 5.36. The molecule has 5 heterocycles. The summed E-state index contributed by atoms with van der Waals surface area (Å²) in [6.45, 7) is 5.25. The summed E-state index contributed by atoms with van der Waals surface area (Å²) in [7, 11) is 0. The number of likely N-dealkylation sites (tertiary alicyclic amines) is 1. The fourth-order valence-corrected chi connectivity index (χ4v) is 4.23. The van der Waals surface area contributed by atoms with Crippen LogP contribution in [-0.2, 0) is 6.54 Å². The smallest absolute Gasteiger partial charge is 0.168 e. The average Bonchev–Trinajstić information content (AvgIpc) is 2.63. The zero-order chi connectivity index (χ0) is 17.6. The SMILES string of the molecule is O=Cc1ccc(CN2CC3(C2)CN(c2ccnc4cccnc24)C3)cn1. The molecule has 2 fully saturated rings. The maximum Gasteiger partial charge on any atom is 0.168 e. The van der Waals surface area contributed by atoms with E-state index >= 15 is 0 Å². The van der Waals surface area contributed by atoms with Crippen molar-refractivity contribution in [3.05, 3.63) is 60.2 Å². The number of pyridine rings is 3. The largest absolute Gasteiger partial charge is 0.368 e. The number of nitrogens with zero attached hydrogens (tertiary/aromatic N) is 5. The first-order chi connectivity index (χ1) is 12.7. The Morgan fingerprint density at radius 2 is 1.88 bits per heavy atom. The predicted molar refractivity (Wildman–Crippen MR) is 99.1 cm³/mol. The standard InChI is InChI=1S/C20H19N5O/c26-10-16-4-3-15(8-23-16)9-24-11-20(12-24)13-25(14-20)18-5-7-21-17-2-1-6-22-19(17)18/h1-8,10H,9,11-14H2. The van der Waals surface area contributed by atoms with E-state index in [1.54, 1.807) is 12.3 Å². The molecule has 6 heteroatoms. The summed E-state index contributed by atoms with van der Waals surface area (Å²) < 4.78 is 0. The summed E-state index contributed by atoms with van der Waals surface area (Å²) in [4.78, 5) is 28.6. The molecule has 0 amide bonds. The molecule has 0 saturated carbocycles. The molecule has 1 spiro atoms. The molecule has 5 rings (SSSR count). The predicted octanol–water partition coefficient (Wildman–Crippen LogP) is 2.16. The number of anilines is 1. The van der Waals surface area contributed by atoms with E-state index in [-0.39, 0.29) is 0 Å². The van der Waals surface area contributed by atoms with Gasteiger partial charge >= 0.3 is 0 Å². The van der Waals surface area contributed by atoms with Gasteiger partial charge in [-0.3, -0.25) is 24.6 Å². The maximum atomic E-state index is 10.7. The van der Waals surface area contributed by atoms with Crippen LogP contribution in [0.1, 0.15) is 16.1 Å². The molecule has 6 nitrogen and oxygen atoms in total. The Morgan fingerprint density at radius 3 is 2.65 bits per heavy atom. The van der Waals surface area contributed by atoms with Crippen molar-refractivity contribution in [2.24, 2.45) is 5.41 Å². The molecular weight excluding hydrogens is 326 g/mol. The second-order valence-corrected chi connectivity index (χ2v) is 7.41. The van der Waals surface area contributed by atoms with E-state index in [9.17, 15) is 4.79 Å². The third-order valence-corrected chi connectivity index (χ3v) is 5.36. The van der Waals surface area contributed by atoms with Gasteiger partial charge in [0.1, 0.15) is 11.2 Å². The molecule has 130 valence electrons. The molecule has 0 N–H and O–H groups in total. The fourth-order valence-electron chi connectivity index (χ4n) is 4.23. The van der Waals surface area contributed by atoms with Crippen molar-refractivity contribution in [3.8, 4) is 0 Å². The van der Waals surface area contributed by atoms with E-state index in [4.69, 9.17) is 0 Å². The number of hydrogen-bond acceptors (Lipinski definition) is 6. The summed E-state index contributed by atoms with van der Waals surface area (Å²) in [6, 6.07) is 9.78. The lowest BCUT2D eigenvalue weighted by atomic mass is 9.72. The van der Waals surface area contributed by atoms with Crippen LogP contribution >= 0.6 is 0 Å². The molecule has 2 saturated heterocycles. The van der Waals surface area contributed by atoms with E-state index in [0.29, 0.717) is 11.1 Å². The van der Waals surface area contributed by atoms with Gasteiger partial charge in [0.25, 0.3) is 0 Å². The number of carbonyl (C=O) groups excluding carboxylic acids is 1. The van der Waals surface area contributed by atoms with Gasteiger partial charge in [0, 0.05) is 56.7 Å². The van der Waals surface area contributed by atoms with Crippen LogP contribution in [0.2, 0.25) is 0 Å². The average molecular weight is 345 g/mol. The first kappa shape index (κ1) is 15.4. The normalized spacial score (nSPS) is 18.5. The number of aromatic nitrogens is 3. The van der Waals surface area contributed by atoms with Gasteiger partial charge in [0.15, 0.2) is 6.29 Å². The summed E-state index contributed by atoms with van der Waals surface area (Å²) in [5.41, 5.74) is 5.18. The number of fused-ring (bicyclic) bond motifs is 1. The van der Waals surface area contributed by atoms with Gasteiger partial charge in [-0.25, -0.2) is 0 Å². The Labute approximate surface area is 151 Å². The lowest BCUT2D eigenvalue weighted by molar-refractivity contribution is -0.0272. The fraction of sp³-hybridized carbons (Fsp3) is 0.300. The molecule has 0 unspecified atom stereocenters. The number of aldehydes is 1. The van der Waals surface area contributed by atoms with E-state index in [1.165, 1.54) is 5.69 Å². The van der Waals surface area contributed by atoms with Gasteiger partial charge in [0.05, 0.1) is 11.2 Å². The van der Waals surface area contributed by atoms with Gasteiger partial charge in [-0.1, -0.05) is 6.07 Å². The lowest BCUT2D eigenvalue weighted by Gasteiger charge is -2.61. The highest BCUT2D eigenvalue weighted by atomic mass is 16.1. The minimum Gasteiger partial charge on any atom is -0.368 e. The minimum absolute atomic E-state index is 0.403. The van der Waals surface area contributed by atoms with Crippen LogP contribution in [0.3, 0.4) is 0 Å². The second-order valence-electron chi connectivity index (χ2n) is 7.41. The summed E-state index contributed by atoms with van der Waals surface area (Å²) >= 11 is 0. The van der Waals surface area contributed by atoms with Gasteiger partial charge in [-0.05, 0) is 29.8 Å². The minimum atomic E-state index is 0.403. The molecule has 0 atom stereocenters. The Bertz CT molecular complexity index is 952. The maximum absolute atomic E-state index is 10.7. The van der Waals surface area contributed by atoms with Crippen LogP contribution < -0.4 is 4.90 Å². The number of hydrogen-bond donors (Lipinski definition) is 0. The van der Waals surface area contributed by atoms with Crippen LogP contribution in [0.5, 0.6) is 0 Å². The molecule has 3 aromatic rings. The Hall–Kier alpha value is -2.86. The van der Waals surface area contributed by atoms with E-state index in [1.807, 2.05) is 30.6 Å². The van der Waals surface area contributed by atoms with Crippen LogP contribution in [0.4, 0.5) is 5.69 Å². The zero-order valence-electron chi connectivity index (χ0n) is 14.4. The summed E-state index contributed by atoms with van der Waals surface area (Å²) in [6.07, 6.45) is 6.28. The summed E-state index contributed by atoms with van der Waals surface area (Å²) in [5, 5.41) is 0. The van der Waals surface area contributed by atoms with Gasteiger partial charge in [-0.2, -0.15) is 0 Å². The van der Waals surface area contributed by atoms with Crippen molar-refractivity contribution < 1.29 is 4.79 Å². The molecule has 0 radical (unpaired) electrons. The van der Waals surface area contributed by atoms with Crippen LogP contribution in [-0.4, -0.2) is 52.3 Å². The van der Waals surface area contributed by atoms with Crippen molar-refractivity contribution in [1.29, 1.82) is 0 Å². The first-order valence-electron chi connectivity index (χ1n) is 8.82. The second kappa shape index (κ2) is 5.85. The molecular formula is C20H19N5O. The highest BCUT2D eigenvalue weighted by Crippen LogP contribution is 2.43. The van der Waals surface area contributed by atoms with Crippen molar-refractivity contribution >= 4 is 23.0 Å². The van der Waals surface area contributed by atoms with E-state index < -0.39 is 0 Å². The molecule has 0 aliphatic carbocycles. The molecule has 3 aromatic heterocycles. The van der Waals surface area contributed by atoms with Crippen LogP contribution in [0.25, 0.3) is 11.0 Å². The zero-order valence-corrected chi connectivity index (χ0v) is 14.4. The van der Waals surface area contributed by atoms with Crippen LogP contribution in [0, 0.1) is 5.41 Å². The van der Waals surface area contributed by atoms with Crippen molar-refractivity contribution in [3.63, 3.8) is 0 Å². The molecule has 0 bridgehead atoms. The number of carbonyl (C=O) groups is 1. The topological polar surface area (TPSA) is 62.2 Å². The third kappa shape index (κ3) is 2.54. The first-order valence-corrected chi connectivity index (χ1v) is 8.82. The quantitative estimate of drug-likeness (QED) is 0.675. The van der Waals surface area contributed by atoms with E-state index in [2.05, 4.69) is 30.8 Å². The van der Waals surface area contributed by atoms with E-state index in [0.717, 1.165) is 55.6 Å². The van der Waals surface area contributed by atoms with Gasteiger partial charge in [-0.15, -0.1) is 0 Å². The van der Waals surface area contributed by atoms with Crippen LogP contribution in [0.15, 0.2) is 48.9 Å². The molecule has 0 aromatic carbocycles. The van der Waals surface area contributed by atoms with Crippen molar-refractivity contribution in [1.82, 2.24) is 19.9 Å². The Balaban J connectivity index is 1.22. The highest BCUT2D eigenvalue weighted by molar-refractivity contribution is 5.88. The summed E-state index contributed by atoms with van der Waals surface area (Å²) in [5.74, 6) is 0. The Morgan fingerprint density at radius 1 is 1.00 bits per heavy atom. The van der Waals surface area contributed by atoms with Gasteiger partial charge in [0.2, 0.25) is 0 Å². The van der Waals surface area contributed by atoms with Gasteiger partial charge < -0.3 is 4.90 Å².